The van der Waals surface area contributed by atoms with E-state index >= 15 is 0 Å². The van der Waals surface area contributed by atoms with Gasteiger partial charge in [0, 0.05) is 30.8 Å². The molecular formula is C12H18ClN5O3. The van der Waals surface area contributed by atoms with Crippen LogP contribution in [0.5, 0.6) is 0 Å². The van der Waals surface area contributed by atoms with E-state index in [4.69, 9.17) is 5.84 Å². The Labute approximate surface area is 128 Å². The van der Waals surface area contributed by atoms with Gasteiger partial charge in [-0.05, 0) is 17.7 Å². The smallest absolute Gasteiger partial charge is 0.334 e. The monoisotopic (exact) mass is 315 g/mol. The predicted molar refractivity (Wildman–Crippen MR) is 80.9 cm³/mol. The lowest BCUT2D eigenvalue weighted by molar-refractivity contribution is -0.136. The number of esters is 1. The zero-order valence-corrected chi connectivity index (χ0v) is 12.5. The van der Waals surface area contributed by atoms with Gasteiger partial charge in [0.1, 0.15) is 6.34 Å². The van der Waals surface area contributed by atoms with Gasteiger partial charge in [-0.2, -0.15) is 5.10 Å². The summed E-state index contributed by atoms with van der Waals surface area (Å²) in [6.45, 7) is 1.41. The second-order valence-electron chi connectivity index (χ2n) is 3.86. The Kier molecular flexibility index (Phi) is 8.31. The fourth-order valence-electron chi connectivity index (χ4n) is 1.57. The van der Waals surface area contributed by atoms with Crippen LogP contribution in [0.1, 0.15) is 13.3 Å². The molecule has 9 heteroatoms. The van der Waals surface area contributed by atoms with Gasteiger partial charge in [-0.1, -0.05) is 0 Å². The van der Waals surface area contributed by atoms with Crippen LogP contribution in [0.3, 0.4) is 0 Å². The molecule has 0 heterocycles. The number of carbonyl (C=O) groups excluding carboxylic acids is 2. The van der Waals surface area contributed by atoms with Gasteiger partial charge in [-0.15, -0.1) is 12.4 Å². The summed E-state index contributed by atoms with van der Waals surface area (Å²) < 4.78 is 4.67. The SMILES string of the molecule is COC(=O)C1=CC=C(NC(C)=O)C(=CNNC=NN)C1.Cl. The molecule has 21 heavy (non-hydrogen) atoms. The van der Waals surface area contributed by atoms with Crippen molar-refractivity contribution in [2.45, 2.75) is 13.3 Å². The van der Waals surface area contributed by atoms with Crippen LogP contribution in [0.4, 0.5) is 0 Å². The van der Waals surface area contributed by atoms with E-state index in [0.717, 1.165) is 0 Å². The van der Waals surface area contributed by atoms with Crippen molar-refractivity contribution < 1.29 is 14.3 Å². The first-order valence-corrected chi connectivity index (χ1v) is 5.77. The number of hydrogen-bond acceptors (Lipinski definition) is 6. The summed E-state index contributed by atoms with van der Waals surface area (Å²) in [4.78, 5) is 22.6. The van der Waals surface area contributed by atoms with E-state index in [9.17, 15) is 9.59 Å². The highest BCUT2D eigenvalue weighted by Gasteiger charge is 2.18. The molecule has 116 valence electrons. The average Bonchev–Trinajstić information content (AvgIpc) is 2.43. The molecule has 5 N–H and O–H groups in total. The third-order valence-corrected chi connectivity index (χ3v) is 2.41. The van der Waals surface area contributed by atoms with Crippen LogP contribution in [-0.2, 0) is 14.3 Å². The van der Waals surface area contributed by atoms with Gasteiger partial charge in [0.25, 0.3) is 0 Å². The van der Waals surface area contributed by atoms with Crippen LogP contribution in [0, 0.1) is 0 Å². The first kappa shape index (κ1) is 18.5. The topological polar surface area (TPSA) is 118 Å². The van der Waals surface area contributed by atoms with Crippen molar-refractivity contribution >= 4 is 30.6 Å². The third-order valence-electron chi connectivity index (χ3n) is 2.41. The first-order chi connectivity index (χ1) is 9.58. The van der Waals surface area contributed by atoms with Crippen molar-refractivity contribution in [1.82, 2.24) is 16.2 Å². The number of carbonyl (C=O) groups is 2. The van der Waals surface area contributed by atoms with Gasteiger partial charge in [0.05, 0.1) is 7.11 Å². The molecule has 1 aliphatic rings. The zero-order valence-electron chi connectivity index (χ0n) is 11.7. The van der Waals surface area contributed by atoms with E-state index in [2.05, 4.69) is 26.0 Å². The minimum Gasteiger partial charge on any atom is -0.466 e. The van der Waals surface area contributed by atoms with Gasteiger partial charge in [0.15, 0.2) is 0 Å². The number of methoxy groups -OCH3 is 1. The number of halogens is 1. The second-order valence-corrected chi connectivity index (χ2v) is 3.86. The first-order valence-electron chi connectivity index (χ1n) is 5.77. The van der Waals surface area contributed by atoms with E-state index in [1.54, 1.807) is 18.4 Å². The van der Waals surface area contributed by atoms with Crippen LogP contribution in [0.25, 0.3) is 0 Å². The molecule has 0 fully saturated rings. The van der Waals surface area contributed by atoms with E-state index in [-0.39, 0.29) is 18.3 Å². The highest BCUT2D eigenvalue weighted by atomic mass is 35.5. The molecule has 8 nitrogen and oxygen atoms in total. The quantitative estimate of drug-likeness (QED) is 0.139. The van der Waals surface area contributed by atoms with E-state index < -0.39 is 5.97 Å². The maximum Gasteiger partial charge on any atom is 0.334 e. The molecule has 0 aromatic heterocycles. The summed E-state index contributed by atoms with van der Waals surface area (Å²) in [5.74, 6) is 4.32. The standard InChI is InChI=1S/C12H17N5O3.ClH/c1-8(18)17-11-4-3-9(12(19)20-2)5-10(11)6-15-16-7-14-13;/h3-4,6-7,15H,5,13H2,1-2H3,(H,14,16)(H,17,18);1H. The summed E-state index contributed by atoms with van der Waals surface area (Å²) in [5, 5.41) is 5.93. The van der Waals surface area contributed by atoms with Gasteiger partial charge in [0.2, 0.25) is 5.91 Å². The van der Waals surface area contributed by atoms with Crippen LogP contribution in [0.2, 0.25) is 0 Å². The number of nitrogens with one attached hydrogen (secondary N) is 3. The predicted octanol–water partition coefficient (Wildman–Crippen LogP) is -0.189. The zero-order chi connectivity index (χ0) is 15.0. The van der Waals surface area contributed by atoms with E-state index in [0.29, 0.717) is 23.3 Å². The summed E-state index contributed by atoms with van der Waals surface area (Å²) in [7, 11) is 1.32. The summed E-state index contributed by atoms with van der Waals surface area (Å²) in [5.41, 5.74) is 7.12. The molecule has 0 saturated heterocycles. The fraction of sp³-hybridized carbons (Fsp3) is 0.250. The number of amides is 1. The summed E-state index contributed by atoms with van der Waals surface area (Å²) in [6.07, 6.45) is 6.43. The molecule has 0 atom stereocenters. The van der Waals surface area contributed by atoms with Crippen molar-refractivity contribution in [3.05, 3.63) is 35.2 Å². The van der Waals surface area contributed by atoms with Gasteiger partial charge < -0.3 is 21.3 Å². The third kappa shape index (κ3) is 6.00. The number of allylic oxidation sites excluding steroid dienone is 3. The Hall–Kier alpha value is -2.48. The van der Waals surface area contributed by atoms with Crippen LogP contribution >= 0.6 is 12.4 Å². The highest BCUT2D eigenvalue weighted by Crippen LogP contribution is 2.23. The van der Waals surface area contributed by atoms with Gasteiger partial charge in [-0.3, -0.25) is 10.2 Å². The van der Waals surface area contributed by atoms with Crippen LogP contribution in [-0.4, -0.2) is 25.3 Å². The molecule has 0 saturated carbocycles. The van der Waals surface area contributed by atoms with Gasteiger partial charge in [-0.25, -0.2) is 4.79 Å². The molecule has 0 unspecified atom stereocenters. The Morgan fingerprint density at radius 2 is 2.10 bits per heavy atom. The number of hydrazine groups is 1. The number of rotatable bonds is 5. The minimum atomic E-state index is -0.412. The van der Waals surface area contributed by atoms with Crippen molar-refractivity contribution in [3.63, 3.8) is 0 Å². The molecule has 0 bridgehead atoms. The maximum atomic E-state index is 11.5. The summed E-state index contributed by atoms with van der Waals surface area (Å²) >= 11 is 0. The lowest BCUT2D eigenvalue weighted by Crippen LogP contribution is -2.28. The lowest BCUT2D eigenvalue weighted by atomic mass is 9.97. The van der Waals surface area contributed by atoms with E-state index in [1.165, 1.54) is 20.4 Å². The van der Waals surface area contributed by atoms with Crippen molar-refractivity contribution in [2.75, 3.05) is 7.11 Å². The Morgan fingerprint density at radius 1 is 1.38 bits per heavy atom. The Morgan fingerprint density at radius 3 is 2.67 bits per heavy atom. The molecule has 1 aliphatic carbocycles. The average molecular weight is 316 g/mol. The van der Waals surface area contributed by atoms with Crippen molar-refractivity contribution in [2.24, 2.45) is 10.9 Å². The lowest BCUT2D eigenvalue weighted by Gasteiger charge is -2.17. The fourth-order valence-corrected chi connectivity index (χ4v) is 1.57. The van der Waals surface area contributed by atoms with Gasteiger partial charge >= 0.3 is 5.97 Å². The van der Waals surface area contributed by atoms with Crippen LogP contribution in [0.15, 0.2) is 40.3 Å². The molecule has 0 aliphatic heterocycles. The number of nitrogens with two attached hydrogens (primary N) is 1. The molecule has 0 spiro atoms. The number of hydrogen-bond donors (Lipinski definition) is 4. The highest BCUT2D eigenvalue weighted by molar-refractivity contribution is 5.90. The Balaban J connectivity index is 0.00000400. The maximum absolute atomic E-state index is 11.5. The van der Waals surface area contributed by atoms with Crippen molar-refractivity contribution in [3.8, 4) is 0 Å². The largest absolute Gasteiger partial charge is 0.466 e. The number of ether oxygens (including phenoxy) is 1. The number of nitrogens with zero attached hydrogens (tertiary/aromatic N) is 1. The number of hydrazone groups is 1. The summed E-state index contributed by atoms with van der Waals surface area (Å²) in [6, 6.07) is 0. The second kappa shape index (κ2) is 9.43. The molecule has 1 rings (SSSR count). The molecule has 1 amide bonds. The van der Waals surface area contributed by atoms with Crippen LogP contribution < -0.4 is 22.0 Å². The van der Waals surface area contributed by atoms with Crippen molar-refractivity contribution in [1.29, 1.82) is 0 Å². The molecular weight excluding hydrogens is 298 g/mol. The minimum absolute atomic E-state index is 0. The van der Waals surface area contributed by atoms with E-state index in [1.807, 2.05) is 0 Å². The molecule has 0 radical (unpaired) electrons. The normalized spacial score (nSPS) is 15.6. The Bertz CT molecular complexity index is 511. The molecule has 0 aromatic rings. The molecule has 0 aromatic carbocycles.